The van der Waals surface area contributed by atoms with Gasteiger partial charge in [0.05, 0.1) is 19.4 Å². The number of carbonyl (C=O) groups excluding carboxylic acids is 1. The molecule has 1 amide bonds. The Bertz CT molecular complexity index is 685. The molecule has 0 radical (unpaired) electrons. The number of hydrogen-bond donors (Lipinski definition) is 1. The number of benzene rings is 1. The molecule has 0 aromatic heterocycles. The molecule has 0 unspecified atom stereocenters. The summed E-state index contributed by atoms with van der Waals surface area (Å²) in [6.07, 6.45) is 1.08. The lowest BCUT2D eigenvalue weighted by Gasteiger charge is -2.34. The molecule has 1 saturated heterocycles. The number of nitrogens with zero attached hydrogens (tertiary/aromatic N) is 3. The Morgan fingerprint density at radius 1 is 1.19 bits per heavy atom. The van der Waals surface area contributed by atoms with Gasteiger partial charge in [-0.3, -0.25) is 4.79 Å². The number of carbonyl (C=O) groups is 1. The molecule has 146 valence electrons. The lowest BCUT2D eigenvalue weighted by atomic mass is 10.2. The van der Waals surface area contributed by atoms with E-state index in [4.69, 9.17) is 4.74 Å². The minimum atomic E-state index is -3.47. The van der Waals surface area contributed by atoms with Crippen LogP contribution < -0.4 is 10.2 Å². The smallest absolute Gasteiger partial charge is 0.239 e. The number of hydrogen-bond acceptors (Lipinski definition) is 6. The van der Waals surface area contributed by atoms with Crippen molar-refractivity contribution in [3.63, 3.8) is 0 Å². The van der Waals surface area contributed by atoms with Gasteiger partial charge in [-0.15, -0.1) is 0 Å². The van der Waals surface area contributed by atoms with E-state index < -0.39 is 10.0 Å². The molecule has 1 aromatic rings. The SMILES string of the molecule is COCCN(CC(=O)Nc1ccc(N2CCN(C)CC2)cc1)S(C)(=O)=O. The van der Waals surface area contributed by atoms with Crippen molar-refractivity contribution in [3.8, 4) is 0 Å². The van der Waals surface area contributed by atoms with Crippen molar-refractivity contribution >= 4 is 27.3 Å². The second-order valence-electron chi connectivity index (χ2n) is 6.47. The molecule has 1 aromatic carbocycles. The van der Waals surface area contributed by atoms with Gasteiger partial charge in [-0.2, -0.15) is 4.31 Å². The number of methoxy groups -OCH3 is 1. The van der Waals surface area contributed by atoms with Crippen molar-refractivity contribution in [2.45, 2.75) is 0 Å². The molecule has 1 N–H and O–H groups in total. The van der Waals surface area contributed by atoms with E-state index in [1.54, 1.807) is 0 Å². The first-order valence-electron chi connectivity index (χ1n) is 8.57. The highest BCUT2D eigenvalue weighted by molar-refractivity contribution is 7.88. The molecular formula is C17H28N4O4S. The summed E-state index contributed by atoms with van der Waals surface area (Å²) in [6, 6.07) is 7.62. The van der Waals surface area contributed by atoms with Gasteiger partial charge in [0.1, 0.15) is 0 Å². The van der Waals surface area contributed by atoms with Crippen LogP contribution in [0.3, 0.4) is 0 Å². The van der Waals surface area contributed by atoms with Crippen molar-refractivity contribution in [2.75, 3.05) is 76.5 Å². The fraction of sp³-hybridized carbons (Fsp3) is 0.588. The molecule has 0 aliphatic carbocycles. The number of anilines is 2. The normalized spacial score (nSPS) is 16.1. The van der Waals surface area contributed by atoms with Crippen LogP contribution in [0.2, 0.25) is 0 Å². The van der Waals surface area contributed by atoms with Crippen molar-refractivity contribution in [1.82, 2.24) is 9.21 Å². The fourth-order valence-electron chi connectivity index (χ4n) is 2.74. The summed E-state index contributed by atoms with van der Waals surface area (Å²) in [7, 11) is 0.134. The molecule has 0 atom stereocenters. The molecule has 8 nitrogen and oxygen atoms in total. The van der Waals surface area contributed by atoms with Crippen LogP contribution in [0.4, 0.5) is 11.4 Å². The number of likely N-dealkylation sites (N-methyl/N-ethyl adjacent to an activating group) is 1. The number of sulfonamides is 1. The summed E-state index contributed by atoms with van der Waals surface area (Å²) in [5.74, 6) is -0.376. The van der Waals surface area contributed by atoms with E-state index in [0.717, 1.165) is 42.4 Å². The Kier molecular flexibility index (Phi) is 7.39. The predicted molar refractivity (Wildman–Crippen MR) is 103 cm³/mol. The van der Waals surface area contributed by atoms with Gasteiger partial charge in [0, 0.05) is 51.2 Å². The van der Waals surface area contributed by atoms with Crippen molar-refractivity contribution in [2.24, 2.45) is 0 Å². The molecule has 26 heavy (non-hydrogen) atoms. The van der Waals surface area contributed by atoms with E-state index in [-0.39, 0.29) is 25.6 Å². The minimum absolute atomic E-state index is 0.144. The van der Waals surface area contributed by atoms with Crippen LogP contribution in [0.1, 0.15) is 0 Å². The Balaban J connectivity index is 1.92. The molecule has 2 rings (SSSR count). The average Bonchev–Trinajstić information content (AvgIpc) is 2.59. The highest BCUT2D eigenvalue weighted by atomic mass is 32.2. The van der Waals surface area contributed by atoms with Crippen LogP contribution in [0.25, 0.3) is 0 Å². The molecule has 1 fully saturated rings. The molecule has 0 saturated carbocycles. The monoisotopic (exact) mass is 384 g/mol. The third-order valence-electron chi connectivity index (χ3n) is 4.35. The Hall–Kier alpha value is -1.68. The second kappa shape index (κ2) is 9.31. The highest BCUT2D eigenvalue weighted by Crippen LogP contribution is 2.19. The van der Waals surface area contributed by atoms with E-state index in [1.807, 2.05) is 24.3 Å². The first-order chi connectivity index (χ1) is 12.3. The summed E-state index contributed by atoms with van der Waals surface area (Å²) in [5.41, 5.74) is 1.77. The Morgan fingerprint density at radius 3 is 2.35 bits per heavy atom. The van der Waals surface area contributed by atoms with Gasteiger partial charge in [-0.05, 0) is 31.3 Å². The third-order valence-corrected chi connectivity index (χ3v) is 5.60. The van der Waals surface area contributed by atoms with Crippen molar-refractivity contribution in [3.05, 3.63) is 24.3 Å². The third kappa shape index (κ3) is 6.24. The maximum atomic E-state index is 12.2. The maximum absolute atomic E-state index is 12.2. The van der Waals surface area contributed by atoms with Crippen LogP contribution in [-0.2, 0) is 19.6 Å². The molecule has 1 aliphatic heterocycles. The van der Waals surface area contributed by atoms with Gasteiger partial charge < -0.3 is 19.9 Å². The summed E-state index contributed by atoms with van der Waals surface area (Å²) in [6.45, 7) is 4.16. The van der Waals surface area contributed by atoms with Crippen molar-refractivity contribution < 1.29 is 17.9 Å². The largest absolute Gasteiger partial charge is 0.383 e. The molecular weight excluding hydrogens is 356 g/mol. The first kappa shape index (κ1) is 20.6. The molecule has 0 spiro atoms. The number of amides is 1. The lowest BCUT2D eigenvalue weighted by Crippen LogP contribution is -2.44. The standard InChI is InChI=1S/C17H28N4O4S/c1-19-8-10-20(11-9-19)16-6-4-15(5-7-16)18-17(22)14-21(12-13-25-2)26(3,23)24/h4-7H,8-14H2,1-3H3,(H,18,22). The Morgan fingerprint density at radius 2 is 1.81 bits per heavy atom. The molecule has 1 aliphatic rings. The van der Waals surface area contributed by atoms with E-state index in [9.17, 15) is 13.2 Å². The summed E-state index contributed by atoms with van der Waals surface area (Å²) >= 11 is 0. The fourth-order valence-corrected chi connectivity index (χ4v) is 3.49. The van der Waals surface area contributed by atoms with Gasteiger partial charge in [0.15, 0.2) is 0 Å². The predicted octanol–water partition coefficient (Wildman–Crippen LogP) is 0.285. The highest BCUT2D eigenvalue weighted by Gasteiger charge is 2.20. The van der Waals surface area contributed by atoms with E-state index in [1.165, 1.54) is 7.11 Å². The van der Waals surface area contributed by atoms with Gasteiger partial charge >= 0.3 is 0 Å². The second-order valence-corrected chi connectivity index (χ2v) is 8.46. The zero-order valence-corrected chi connectivity index (χ0v) is 16.5. The number of ether oxygens (including phenoxy) is 1. The topological polar surface area (TPSA) is 82.2 Å². The van der Waals surface area contributed by atoms with Crippen LogP contribution in [0.15, 0.2) is 24.3 Å². The zero-order chi connectivity index (χ0) is 19.2. The Labute approximate surface area is 155 Å². The average molecular weight is 385 g/mol. The van der Waals surface area contributed by atoms with Gasteiger partial charge in [-0.1, -0.05) is 0 Å². The van der Waals surface area contributed by atoms with Gasteiger partial charge in [0.2, 0.25) is 15.9 Å². The van der Waals surface area contributed by atoms with Crippen LogP contribution in [0.5, 0.6) is 0 Å². The summed E-state index contributed by atoms with van der Waals surface area (Å²) in [4.78, 5) is 16.8. The van der Waals surface area contributed by atoms with Crippen LogP contribution >= 0.6 is 0 Å². The van der Waals surface area contributed by atoms with Crippen molar-refractivity contribution in [1.29, 1.82) is 0 Å². The quantitative estimate of drug-likeness (QED) is 0.694. The summed E-state index contributed by atoms with van der Waals surface area (Å²) < 4.78 is 29.5. The van der Waals surface area contributed by atoms with Gasteiger partial charge in [-0.25, -0.2) is 8.42 Å². The van der Waals surface area contributed by atoms with E-state index >= 15 is 0 Å². The number of piperazine rings is 1. The lowest BCUT2D eigenvalue weighted by molar-refractivity contribution is -0.116. The number of nitrogens with one attached hydrogen (secondary N) is 1. The molecule has 9 heteroatoms. The molecule has 1 heterocycles. The van der Waals surface area contributed by atoms with Gasteiger partial charge in [0.25, 0.3) is 0 Å². The molecule has 0 bridgehead atoms. The van der Waals surface area contributed by atoms with Crippen LogP contribution in [-0.4, -0.2) is 89.8 Å². The first-order valence-corrected chi connectivity index (χ1v) is 10.4. The maximum Gasteiger partial charge on any atom is 0.239 e. The van der Waals surface area contributed by atoms with Crippen LogP contribution in [0, 0.1) is 0 Å². The van der Waals surface area contributed by atoms with E-state index in [0.29, 0.717) is 5.69 Å². The van der Waals surface area contributed by atoms with E-state index in [2.05, 4.69) is 22.2 Å². The summed E-state index contributed by atoms with van der Waals surface area (Å²) in [5, 5.41) is 2.75. The minimum Gasteiger partial charge on any atom is -0.383 e. The number of rotatable bonds is 8. The zero-order valence-electron chi connectivity index (χ0n) is 15.6.